The van der Waals surface area contributed by atoms with E-state index >= 15 is 0 Å². The molecule has 1 amide bonds. The molecule has 3 aromatic rings. The largest absolute Gasteiger partial charge is 0.486 e. The van der Waals surface area contributed by atoms with Crippen LogP contribution in [0.3, 0.4) is 0 Å². The number of carbonyl (C=O) groups is 1. The van der Waals surface area contributed by atoms with Gasteiger partial charge in [-0.05, 0) is 54.1 Å². The van der Waals surface area contributed by atoms with Gasteiger partial charge in [0.15, 0.2) is 17.6 Å². The number of nitrogens with zero attached hydrogens (tertiary/aromatic N) is 1. The third-order valence-electron chi connectivity index (χ3n) is 5.16. The van der Waals surface area contributed by atoms with Gasteiger partial charge in [0.25, 0.3) is 10.0 Å². The van der Waals surface area contributed by atoms with Gasteiger partial charge in [-0.25, -0.2) is 12.8 Å². The molecule has 0 saturated carbocycles. The summed E-state index contributed by atoms with van der Waals surface area (Å²) in [5, 5.41) is 0. The zero-order valence-corrected chi connectivity index (χ0v) is 18.7. The average Bonchev–Trinajstić information content (AvgIpc) is 2.80. The van der Waals surface area contributed by atoms with Gasteiger partial charge in [-0.2, -0.15) is 0 Å². The van der Waals surface area contributed by atoms with Crippen molar-refractivity contribution in [1.82, 2.24) is 4.90 Å². The van der Waals surface area contributed by atoms with Gasteiger partial charge in [-0.3, -0.25) is 9.52 Å². The molecule has 172 valence electrons. The van der Waals surface area contributed by atoms with E-state index in [2.05, 4.69) is 4.72 Å². The molecule has 9 heteroatoms. The molecule has 0 saturated heterocycles. The second-order valence-electron chi connectivity index (χ2n) is 7.70. The Morgan fingerprint density at radius 2 is 1.70 bits per heavy atom. The standard InChI is InChI=1S/C24H23FN2O5S/c1-27(15-20-16-31-22-4-2-3-5-23(22)32-20)24(28)14-17-6-10-19(11-7-17)26-33(29,30)21-12-8-18(25)9-13-21/h2-13,20,26H,14-16H2,1H3/t20-/m0/s1. The third kappa shape index (κ3) is 5.61. The molecule has 1 aliphatic heterocycles. The number of carbonyl (C=O) groups excluding carboxylic acids is 1. The summed E-state index contributed by atoms with van der Waals surface area (Å²) < 4.78 is 51.9. The first-order valence-corrected chi connectivity index (χ1v) is 11.8. The molecular formula is C24H23FN2O5S. The SMILES string of the molecule is CN(C[C@H]1COc2ccccc2O1)C(=O)Cc1ccc(NS(=O)(=O)c2ccc(F)cc2)cc1. The molecule has 0 aromatic heterocycles. The van der Waals surface area contributed by atoms with Crippen molar-refractivity contribution >= 4 is 21.6 Å². The predicted molar refractivity (Wildman–Crippen MR) is 121 cm³/mol. The van der Waals surface area contributed by atoms with E-state index in [-0.39, 0.29) is 23.3 Å². The Bertz CT molecular complexity index is 1230. The molecule has 0 aliphatic carbocycles. The van der Waals surface area contributed by atoms with Gasteiger partial charge in [-0.1, -0.05) is 24.3 Å². The zero-order chi connectivity index (χ0) is 23.4. The normalized spacial score (nSPS) is 15.0. The smallest absolute Gasteiger partial charge is 0.261 e. The fourth-order valence-corrected chi connectivity index (χ4v) is 4.45. The summed E-state index contributed by atoms with van der Waals surface area (Å²) in [6.07, 6.45) is -0.108. The number of benzene rings is 3. The number of likely N-dealkylation sites (N-methyl/N-ethyl adjacent to an activating group) is 1. The first-order chi connectivity index (χ1) is 15.8. The quantitative estimate of drug-likeness (QED) is 0.572. The van der Waals surface area contributed by atoms with Crippen molar-refractivity contribution in [2.45, 2.75) is 17.4 Å². The highest BCUT2D eigenvalue weighted by Crippen LogP contribution is 2.31. The van der Waals surface area contributed by atoms with Gasteiger partial charge in [0.1, 0.15) is 12.4 Å². The lowest BCUT2D eigenvalue weighted by Gasteiger charge is -2.29. The first-order valence-electron chi connectivity index (χ1n) is 10.3. The van der Waals surface area contributed by atoms with Crippen molar-refractivity contribution in [1.29, 1.82) is 0 Å². The lowest BCUT2D eigenvalue weighted by molar-refractivity contribution is -0.130. The van der Waals surface area contributed by atoms with Crippen LogP contribution in [-0.2, 0) is 21.2 Å². The molecule has 0 spiro atoms. The van der Waals surface area contributed by atoms with Crippen LogP contribution in [0.5, 0.6) is 11.5 Å². The molecule has 3 aromatic carbocycles. The molecule has 1 N–H and O–H groups in total. The van der Waals surface area contributed by atoms with E-state index in [1.165, 1.54) is 12.1 Å². The lowest BCUT2D eigenvalue weighted by Crippen LogP contribution is -2.42. The molecule has 7 nitrogen and oxygen atoms in total. The first kappa shape index (κ1) is 22.6. The summed E-state index contributed by atoms with van der Waals surface area (Å²) in [6, 6.07) is 18.5. The highest BCUT2D eigenvalue weighted by molar-refractivity contribution is 7.92. The predicted octanol–water partition coefficient (Wildman–Crippen LogP) is 3.47. The van der Waals surface area contributed by atoms with Crippen LogP contribution in [0, 0.1) is 5.82 Å². The number of hydrogen-bond donors (Lipinski definition) is 1. The van der Waals surface area contributed by atoms with E-state index in [9.17, 15) is 17.6 Å². The Labute approximate surface area is 191 Å². The highest BCUT2D eigenvalue weighted by atomic mass is 32.2. The number of halogens is 1. The van der Waals surface area contributed by atoms with Crippen LogP contribution in [0.2, 0.25) is 0 Å². The van der Waals surface area contributed by atoms with Gasteiger partial charge in [0.05, 0.1) is 17.9 Å². The molecule has 33 heavy (non-hydrogen) atoms. The van der Waals surface area contributed by atoms with Gasteiger partial charge in [0, 0.05) is 12.7 Å². The number of rotatable bonds is 7. The van der Waals surface area contributed by atoms with Crippen molar-refractivity contribution in [3.05, 3.63) is 84.2 Å². The van der Waals surface area contributed by atoms with Crippen LogP contribution < -0.4 is 14.2 Å². The molecule has 1 atom stereocenters. The number of ether oxygens (including phenoxy) is 2. The zero-order valence-electron chi connectivity index (χ0n) is 17.9. The summed E-state index contributed by atoms with van der Waals surface area (Å²) in [5.41, 5.74) is 1.08. The van der Waals surface area contributed by atoms with Crippen molar-refractivity contribution in [2.24, 2.45) is 0 Å². The minimum absolute atomic E-state index is 0.0405. The topological polar surface area (TPSA) is 84.9 Å². The summed E-state index contributed by atoms with van der Waals surface area (Å²) in [4.78, 5) is 14.2. The maximum absolute atomic E-state index is 13.0. The van der Waals surface area contributed by atoms with Crippen molar-refractivity contribution in [2.75, 3.05) is 24.9 Å². The summed E-state index contributed by atoms with van der Waals surface area (Å²) in [6.45, 7) is 0.736. The van der Waals surface area contributed by atoms with Crippen molar-refractivity contribution in [3.63, 3.8) is 0 Å². The minimum Gasteiger partial charge on any atom is -0.486 e. The second kappa shape index (κ2) is 9.50. The van der Waals surface area contributed by atoms with E-state index in [0.29, 0.717) is 30.3 Å². The Morgan fingerprint density at radius 1 is 1.03 bits per heavy atom. The maximum atomic E-state index is 13.0. The van der Waals surface area contributed by atoms with E-state index in [1.54, 1.807) is 36.2 Å². The number of fused-ring (bicyclic) bond motifs is 1. The monoisotopic (exact) mass is 470 g/mol. The van der Waals surface area contributed by atoms with E-state index in [1.807, 2.05) is 24.3 Å². The fraction of sp³-hybridized carbons (Fsp3) is 0.208. The number of nitrogens with one attached hydrogen (secondary N) is 1. The fourth-order valence-electron chi connectivity index (χ4n) is 3.39. The maximum Gasteiger partial charge on any atom is 0.261 e. The van der Waals surface area contributed by atoms with Crippen LogP contribution in [-0.4, -0.2) is 45.5 Å². The number of hydrogen-bond acceptors (Lipinski definition) is 5. The molecule has 1 aliphatic rings. The molecular weight excluding hydrogens is 447 g/mol. The number of amides is 1. The van der Waals surface area contributed by atoms with E-state index in [4.69, 9.17) is 9.47 Å². The lowest BCUT2D eigenvalue weighted by atomic mass is 10.1. The van der Waals surface area contributed by atoms with Gasteiger partial charge < -0.3 is 14.4 Å². The van der Waals surface area contributed by atoms with Gasteiger partial charge in [0.2, 0.25) is 5.91 Å². The van der Waals surface area contributed by atoms with E-state index in [0.717, 1.165) is 17.7 Å². The van der Waals surface area contributed by atoms with Crippen molar-refractivity contribution < 1.29 is 27.1 Å². The van der Waals surface area contributed by atoms with Crippen LogP contribution in [0.15, 0.2) is 77.7 Å². The number of anilines is 1. The van der Waals surface area contributed by atoms with Crippen LogP contribution in [0.1, 0.15) is 5.56 Å². The Balaban J connectivity index is 1.32. The van der Waals surface area contributed by atoms with Gasteiger partial charge in [-0.15, -0.1) is 0 Å². The molecule has 4 rings (SSSR count). The Hall–Kier alpha value is -3.59. The molecule has 1 heterocycles. The Morgan fingerprint density at radius 3 is 2.39 bits per heavy atom. The summed E-state index contributed by atoms with van der Waals surface area (Å²) in [7, 11) is -2.13. The Kier molecular flexibility index (Phi) is 6.50. The second-order valence-corrected chi connectivity index (χ2v) is 9.39. The minimum atomic E-state index is -3.83. The number of para-hydroxylation sites is 2. The average molecular weight is 471 g/mol. The van der Waals surface area contributed by atoms with Gasteiger partial charge >= 0.3 is 0 Å². The third-order valence-corrected chi connectivity index (χ3v) is 6.55. The molecule has 0 fully saturated rings. The molecule has 0 bridgehead atoms. The molecule has 0 unspecified atom stereocenters. The van der Waals surface area contributed by atoms with Crippen LogP contribution in [0.25, 0.3) is 0 Å². The van der Waals surface area contributed by atoms with Crippen molar-refractivity contribution in [3.8, 4) is 11.5 Å². The van der Waals surface area contributed by atoms with Crippen LogP contribution >= 0.6 is 0 Å². The van der Waals surface area contributed by atoms with Crippen LogP contribution in [0.4, 0.5) is 10.1 Å². The van der Waals surface area contributed by atoms with E-state index < -0.39 is 15.8 Å². The summed E-state index contributed by atoms with van der Waals surface area (Å²) >= 11 is 0. The number of sulfonamides is 1. The highest BCUT2D eigenvalue weighted by Gasteiger charge is 2.23. The molecule has 0 radical (unpaired) electrons. The summed E-state index contributed by atoms with van der Waals surface area (Å²) in [5.74, 6) is 0.739.